The second-order valence-electron chi connectivity index (χ2n) is 6.65. The van der Waals surface area contributed by atoms with Gasteiger partial charge in [-0.25, -0.2) is 0 Å². The van der Waals surface area contributed by atoms with Crippen LogP contribution in [0.15, 0.2) is 60.7 Å². The Labute approximate surface area is 161 Å². The van der Waals surface area contributed by atoms with Crippen molar-refractivity contribution in [2.24, 2.45) is 0 Å². The zero-order valence-electron chi connectivity index (χ0n) is 15.8. The van der Waals surface area contributed by atoms with Crippen molar-refractivity contribution in [2.75, 3.05) is 45.9 Å². The van der Waals surface area contributed by atoms with E-state index in [0.717, 1.165) is 50.6 Å². The molecular formula is C22H28N2O3. The zero-order chi connectivity index (χ0) is 18.7. The molecule has 1 fully saturated rings. The van der Waals surface area contributed by atoms with E-state index < -0.39 is 0 Å². The first-order valence-electron chi connectivity index (χ1n) is 9.67. The van der Waals surface area contributed by atoms with Gasteiger partial charge in [0.1, 0.15) is 18.1 Å². The van der Waals surface area contributed by atoms with Crippen LogP contribution in [0.2, 0.25) is 0 Å². The molecule has 27 heavy (non-hydrogen) atoms. The highest BCUT2D eigenvalue weighted by Crippen LogP contribution is 2.11. The highest BCUT2D eigenvalue weighted by atomic mass is 16.5. The minimum atomic E-state index is 0.229. The van der Waals surface area contributed by atoms with Gasteiger partial charge in [-0.3, -0.25) is 9.69 Å². The van der Waals surface area contributed by atoms with Crippen LogP contribution in [-0.4, -0.2) is 61.6 Å². The third-order valence-electron chi connectivity index (χ3n) is 4.69. The van der Waals surface area contributed by atoms with Crippen molar-refractivity contribution in [3.8, 4) is 11.5 Å². The number of hydrogen-bond donors (Lipinski definition) is 0. The van der Waals surface area contributed by atoms with E-state index in [4.69, 9.17) is 9.47 Å². The van der Waals surface area contributed by atoms with E-state index in [1.54, 1.807) is 0 Å². The molecule has 1 aliphatic heterocycles. The van der Waals surface area contributed by atoms with Crippen LogP contribution in [0.3, 0.4) is 0 Å². The monoisotopic (exact) mass is 368 g/mol. The first kappa shape index (κ1) is 19.2. The minimum Gasteiger partial charge on any atom is -0.494 e. The second-order valence-corrected chi connectivity index (χ2v) is 6.65. The lowest BCUT2D eigenvalue weighted by molar-refractivity contribution is -0.133. The molecule has 2 aromatic carbocycles. The smallest absolute Gasteiger partial charge is 0.222 e. The fraction of sp³-hybridized carbons (Fsp3) is 0.409. The summed E-state index contributed by atoms with van der Waals surface area (Å²) in [6.07, 6.45) is 1.29. The third-order valence-corrected chi connectivity index (χ3v) is 4.69. The summed E-state index contributed by atoms with van der Waals surface area (Å²) in [5.41, 5.74) is 0. The first-order valence-corrected chi connectivity index (χ1v) is 9.67. The van der Waals surface area contributed by atoms with Crippen molar-refractivity contribution in [3.05, 3.63) is 60.7 Å². The molecule has 5 heteroatoms. The standard InChI is InChI=1S/C22H28N2O3/c25-22(12-7-18-26-20-8-3-1-4-9-20)24-15-13-23(14-16-24)17-19-27-21-10-5-2-6-11-21/h1-6,8-11H,7,12-19H2. The molecule has 1 amide bonds. The topological polar surface area (TPSA) is 42.0 Å². The molecule has 0 aliphatic carbocycles. The predicted octanol–water partition coefficient (Wildman–Crippen LogP) is 3.07. The molecule has 0 bridgehead atoms. The highest BCUT2D eigenvalue weighted by molar-refractivity contribution is 5.76. The lowest BCUT2D eigenvalue weighted by Gasteiger charge is -2.34. The Morgan fingerprint density at radius 1 is 0.778 bits per heavy atom. The van der Waals surface area contributed by atoms with Gasteiger partial charge in [-0.15, -0.1) is 0 Å². The number of carbonyl (C=O) groups is 1. The van der Waals surface area contributed by atoms with E-state index in [-0.39, 0.29) is 5.91 Å². The average molecular weight is 368 g/mol. The van der Waals surface area contributed by atoms with Crippen molar-refractivity contribution in [1.82, 2.24) is 9.80 Å². The molecule has 0 radical (unpaired) electrons. The molecular weight excluding hydrogens is 340 g/mol. The number of carbonyl (C=O) groups excluding carboxylic acids is 1. The number of ether oxygens (including phenoxy) is 2. The quantitative estimate of drug-likeness (QED) is 0.638. The van der Waals surface area contributed by atoms with E-state index in [2.05, 4.69) is 4.90 Å². The summed E-state index contributed by atoms with van der Waals surface area (Å²) in [6, 6.07) is 19.6. The van der Waals surface area contributed by atoms with Crippen molar-refractivity contribution < 1.29 is 14.3 Å². The van der Waals surface area contributed by atoms with Gasteiger partial charge in [0.15, 0.2) is 0 Å². The van der Waals surface area contributed by atoms with E-state index in [0.29, 0.717) is 19.6 Å². The van der Waals surface area contributed by atoms with E-state index >= 15 is 0 Å². The number of piperazine rings is 1. The molecule has 0 unspecified atom stereocenters. The molecule has 1 saturated heterocycles. The van der Waals surface area contributed by atoms with Crippen LogP contribution in [0, 0.1) is 0 Å². The van der Waals surface area contributed by atoms with E-state index in [1.807, 2.05) is 65.6 Å². The number of para-hydroxylation sites is 2. The van der Waals surface area contributed by atoms with Gasteiger partial charge >= 0.3 is 0 Å². The Hall–Kier alpha value is -2.53. The maximum absolute atomic E-state index is 12.3. The number of nitrogens with zero attached hydrogens (tertiary/aromatic N) is 2. The molecule has 0 spiro atoms. The minimum absolute atomic E-state index is 0.229. The predicted molar refractivity (Wildman–Crippen MR) is 106 cm³/mol. The van der Waals surface area contributed by atoms with E-state index in [9.17, 15) is 4.79 Å². The Bertz CT molecular complexity index is 670. The van der Waals surface area contributed by atoms with Crippen LogP contribution in [0.5, 0.6) is 11.5 Å². The Morgan fingerprint density at radius 3 is 1.93 bits per heavy atom. The molecule has 2 aromatic rings. The van der Waals surface area contributed by atoms with Gasteiger partial charge in [-0.1, -0.05) is 36.4 Å². The van der Waals surface area contributed by atoms with Crippen molar-refractivity contribution in [2.45, 2.75) is 12.8 Å². The Morgan fingerprint density at radius 2 is 1.33 bits per heavy atom. The molecule has 0 aromatic heterocycles. The summed E-state index contributed by atoms with van der Waals surface area (Å²) >= 11 is 0. The molecule has 144 valence electrons. The SMILES string of the molecule is O=C(CCCOc1ccccc1)N1CCN(CCOc2ccccc2)CC1. The lowest BCUT2D eigenvalue weighted by Crippen LogP contribution is -2.49. The first-order chi connectivity index (χ1) is 13.3. The number of hydrogen-bond acceptors (Lipinski definition) is 4. The van der Waals surface area contributed by atoms with Crippen molar-refractivity contribution in [3.63, 3.8) is 0 Å². The van der Waals surface area contributed by atoms with Crippen LogP contribution in [0.4, 0.5) is 0 Å². The van der Waals surface area contributed by atoms with Crippen LogP contribution in [0.1, 0.15) is 12.8 Å². The van der Waals surface area contributed by atoms with Gasteiger partial charge in [0, 0.05) is 39.1 Å². The van der Waals surface area contributed by atoms with E-state index in [1.165, 1.54) is 0 Å². The molecule has 5 nitrogen and oxygen atoms in total. The summed E-state index contributed by atoms with van der Waals surface area (Å²) in [5.74, 6) is 1.99. The van der Waals surface area contributed by atoms with Crippen LogP contribution in [0.25, 0.3) is 0 Å². The summed E-state index contributed by atoms with van der Waals surface area (Å²) < 4.78 is 11.4. The fourth-order valence-electron chi connectivity index (χ4n) is 3.12. The van der Waals surface area contributed by atoms with Crippen LogP contribution in [-0.2, 0) is 4.79 Å². The van der Waals surface area contributed by atoms with Gasteiger partial charge in [0.2, 0.25) is 5.91 Å². The molecule has 0 saturated carbocycles. The zero-order valence-corrected chi connectivity index (χ0v) is 15.8. The third kappa shape index (κ3) is 6.61. The normalized spacial score (nSPS) is 14.7. The van der Waals surface area contributed by atoms with Gasteiger partial charge in [-0.2, -0.15) is 0 Å². The second kappa shape index (κ2) is 10.6. The number of benzene rings is 2. The highest BCUT2D eigenvalue weighted by Gasteiger charge is 2.20. The van der Waals surface area contributed by atoms with Gasteiger partial charge in [0.25, 0.3) is 0 Å². The maximum atomic E-state index is 12.3. The van der Waals surface area contributed by atoms with Gasteiger partial charge in [0.05, 0.1) is 6.61 Å². The average Bonchev–Trinajstić information content (AvgIpc) is 2.73. The summed E-state index contributed by atoms with van der Waals surface area (Å²) in [5, 5.41) is 0. The fourth-order valence-corrected chi connectivity index (χ4v) is 3.12. The maximum Gasteiger partial charge on any atom is 0.222 e. The molecule has 0 atom stereocenters. The van der Waals surface area contributed by atoms with Gasteiger partial charge < -0.3 is 14.4 Å². The lowest BCUT2D eigenvalue weighted by atomic mass is 10.2. The van der Waals surface area contributed by atoms with Crippen LogP contribution < -0.4 is 9.47 Å². The largest absolute Gasteiger partial charge is 0.494 e. The summed E-state index contributed by atoms with van der Waals surface area (Å²) in [4.78, 5) is 16.7. The Balaban J connectivity index is 1.26. The molecule has 1 aliphatic rings. The van der Waals surface area contributed by atoms with Gasteiger partial charge in [-0.05, 0) is 30.7 Å². The van der Waals surface area contributed by atoms with Crippen molar-refractivity contribution >= 4 is 5.91 Å². The molecule has 0 N–H and O–H groups in total. The Kier molecular flexibility index (Phi) is 7.54. The molecule has 1 heterocycles. The number of rotatable bonds is 9. The summed E-state index contributed by atoms with van der Waals surface area (Å²) in [7, 11) is 0. The van der Waals surface area contributed by atoms with Crippen LogP contribution >= 0.6 is 0 Å². The summed E-state index contributed by atoms with van der Waals surface area (Å²) in [6.45, 7) is 5.55. The van der Waals surface area contributed by atoms with Crippen molar-refractivity contribution in [1.29, 1.82) is 0 Å². The molecule has 3 rings (SSSR count). The number of amides is 1.